The number of aryl methyl sites for hydroxylation is 1. The van der Waals surface area contributed by atoms with E-state index in [9.17, 15) is 9.18 Å². The molecule has 17 heavy (non-hydrogen) atoms. The smallest absolute Gasteiger partial charge is 0.295 e. The Morgan fingerprint density at radius 2 is 2.12 bits per heavy atom. The first-order chi connectivity index (χ1) is 8.19. The molecule has 0 spiro atoms. The first kappa shape index (κ1) is 11.3. The number of rotatable bonds is 3. The zero-order valence-electron chi connectivity index (χ0n) is 9.20. The highest BCUT2D eigenvalue weighted by molar-refractivity contribution is 6.01. The largest absolute Gasteiger partial charge is 0.319 e. The van der Waals surface area contributed by atoms with E-state index in [1.807, 2.05) is 6.92 Å². The summed E-state index contributed by atoms with van der Waals surface area (Å²) in [5, 5.41) is 9.00. The number of carbonyl (C=O) groups is 1. The third-order valence-electron chi connectivity index (χ3n) is 2.17. The average Bonchev–Trinajstić information content (AvgIpc) is 2.81. The summed E-state index contributed by atoms with van der Waals surface area (Å²) in [7, 11) is 0. The molecule has 0 bridgehead atoms. The summed E-state index contributed by atoms with van der Waals surface area (Å²) in [4.78, 5) is 15.7. The number of halogens is 1. The molecule has 0 saturated heterocycles. The van der Waals surface area contributed by atoms with Crippen molar-refractivity contribution in [3.05, 3.63) is 41.7 Å². The molecule has 0 atom stereocenters. The van der Waals surface area contributed by atoms with Gasteiger partial charge < -0.3 is 5.32 Å². The van der Waals surface area contributed by atoms with Crippen LogP contribution in [0, 0.1) is 5.82 Å². The Hall–Kier alpha value is -2.24. The van der Waals surface area contributed by atoms with Crippen LogP contribution in [0.5, 0.6) is 0 Å². The third-order valence-corrected chi connectivity index (χ3v) is 2.17. The molecule has 1 aromatic heterocycles. The van der Waals surface area contributed by atoms with E-state index in [4.69, 9.17) is 0 Å². The highest BCUT2D eigenvalue weighted by Gasteiger charge is 2.11. The summed E-state index contributed by atoms with van der Waals surface area (Å²) in [6, 6.07) is 5.48. The maximum atomic E-state index is 12.7. The predicted molar refractivity (Wildman–Crippen MR) is 60.1 cm³/mol. The van der Waals surface area contributed by atoms with Crippen molar-refractivity contribution >= 4 is 11.6 Å². The van der Waals surface area contributed by atoms with Gasteiger partial charge in [0, 0.05) is 12.1 Å². The molecule has 0 saturated carbocycles. The normalized spacial score (nSPS) is 10.2. The van der Waals surface area contributed by atoms with Gasteiger partial charge in [0.15, 0.2) is 0 Å². The number of benzene rings is 1. The fourth-order valence-electron chi connectivity index (χ4n) is 1.28. The van der Waals surface area contributed by atoms with Crippen molar-refractivity contribution in [2.24, 2.45) is 0 Å². The van der Waals surface area contributed by atoms with Crippen LogP contribution in [0.15, 0.2) is 24.3 Å². The molecular weight excluding hydrogens is 223 g/mol. The van der Waals surface area contributed by atoms with E-state index in [-0.39, 0.29) is 11.6 Å². The van der Waals surface area contributed by atoms with Crippen molar-refractivity contribution in [2.75, 3.05) is 5.32 Å². The van der Waals surface area contributed by atoms with Crippen LogP contribution >= 0.6 is 0 Å². The van der Waals surface area contributed by atoms with Crippen molar-refractivity contribution in [3.8, 4) is 0 Å². The number of aromatic nitrogens is 3. The molecule has 0 fully saturated rings. The van der Waals surface area contributed by atoms with Crippen LogP contribution in [0.1, 0.15) is 23.4 Å². The number of hydrogen-bond acceptors (Lipinski definition) is 3. The second-order valence-electron chi connectivity index (χ2n) is 3.42. The minimum absolute atomic E-state index is 0.0752. The van der Waals surface area contributed by atoms with Crippen LogP contribution in [0.2, 0.25) is 0 Å². The molecule has 0 unspecified atom stereocenters. The minimum atomic E-state index is -0.424. The third kappa shape index (κ3) is 2.66. The molecule has 1 heterocycles. The van der Waals surface area contributed by atoms with Crippen molar-refractivity contribution < 1.29 is 9.18 Å². The van der Waals surface area contributed by atoms with Gasteiger partial charge in [-0.3, -0.25) is 9.89 Å². The predicted octanol–water partition coefficient (Wildman–Crippen LogP) is 1.76. The van der Waals surface area contributed by atoms with E-state index in [0.29, 0.717) is 17.9 Å². The second-order valence-corrected chi connectivity index (χ2v) is 3.42. The lowest BCUT2D eigenvalue weighted by atomic mass is 10.3. The van der Waals surface area contributed by atoms with Crippen LogP contribution < -0.4 is 5.32 Å². The standard InChI is InChI=1S/C11H11FN4O/c1-2-9-14-10(16-15-9)11(17)13-8-5-3-7(12)4-6-8/h3-6H,2H2,1H3,(H,13,17)(H,14,15,16). The molecule has 0 aliphatic carbocycles. The van der Waals surface area contributed by atoms with Gasteiger partial charge in [0.05, 0.1) is 0 Å². The van der Waals surface area contributed by atoms with E-state index in [0.717, 1.165) is 0 Å². The summed E-state index contributed by atoms with van der Waals surface area (Å²) in [5.74, 6) is -0.0536. The van der Waals surface area contributed by atoms with E-state index in [1.165, 1.54) is 24.3 Å². The average molecular weight is 234 g/mol. The van der Waals surface area contributed by atoms with E-state index >= 15 is 0 Å². The van der Waals surface area contributed by atoms with Gasteiger partial charge in [0.1, 0.15) is 11.6 Å². The summed E-state index contributed by atoms with van der Waals surface area (Å²) in [6.07, 6.45) is 0.677. The summed E-state index contributed by atoms with van der Waals surface area (Å²) < 4.78 is 12.7. The lowest BCUT2D eigenvalue weighted by Gasteiger charge is -2.01. The van der Waals surface area contributed by atoms with Crippen molar-refractivity contribution in [2.45, 2.75) is 13.3 Å². The van der Waals surface area contributed by atoms with Crippen LogP contribution in [0.25, 0.3) is 0 Å². The van der Waals surface area contributed by atoms with E-state index in [2.05, 4.69) is 20.5 Å². The molecule has 2 rings (SSSR count). The monoisotopic (exact) mass is 234 g/mol. The van der Waals surface area contributed by atoms with Crippen LogP contribution in [0.4, 0.5) is 10.1 Å². The van der Waals surface area contributed by atoms with Gasteiger partial charge in [0.2, 0.25) is 5.82 Å². The number of hydrogen-bond donors (Lipinski definition) is 2. The molecule has 0 aliphatic heterocycles. The number of nitrogens with one attached hydrogen (secondary N) is 2. The van der Waals surface area contributed by atoms with E-state index < -0.39 is 5.91 Å². The Morgan fingerprint density at radius 1 is 1.41 bits per heavy atom. The molecule has 88 valence electrons. The molecule has 1 aromatic carbocycles. The SMILES string of the molecule is CCc1nc(C(=O)Nc2ccc(F)cc2)n[nH]1. The number of H-pyrrole nitrogens is 1. The zero-order valence-corrected chi connectivity index (χ0v) is 9.20. The van der Waals surface area contributed by atoms with Crippen LogP contribution in [0.3, 0.4) is 0 Å². The quantitative estimate of drug-likeness (QED) is 0.850. The fourth-order valence-corrected chi connectivity index (χ4v) is 1.28. The van der Waals surface area contributed by atoms with Gasteiger partial charge in [-0.05, 0) is 24.3 Å². The van der Waals surface area contributed by atoms with Gasteiger partial charge in [-0.15, -0.1) is 5.10 Å². The lowest BCUT2D eigenvalue weighted by molar-refractivity contribution is 0.101. The first-order valence-corrected chi connectivity index (χ1v) is 5.17. The molecule has 6 heteroatoms. The molecule has 1 amide bonds. The molecule has 0 aliphatic rings. The van der Waals surface area contributed by atoms with Crippen molar-refractivity contribution in [1.82, 2.24) is 15.2 Å². The van der Waals surface area contributed by atoms with Gasteiger partial charge >= 0.3 is 0 Å². The minimum Gasteiger partial charge on any atom is -0.319 e. The topological polar surface area (TPSA) is 70.7 Å². The van der Waals surface area contributed by atoms with Crippen LogP contribution in [-0.4, -0.2) is 21.1 Å². The Labute approximate surface area is 97.1 Å². The number of nitrogens with zero attached hydrogens (tertiary/aromatic N) is 2. The summed E-state index contributed by atoms with van der Waals surface area (Å²) >= 11 is 0. The molecule has 5 nitrogen and oxygen atoms in total. The lowest BCUT2D eigenvalue weighted by Crippen LogP contribution is -2.13. The number of amides is 1. The summed E-state index contributed by atoms with van der Waals surface area (Å²) in [5.41, 5.74) is 0.499. The van der Waals surface area contributed by atoms with Crippen LogP contribution in [-0.2, 0) is 6.42 Å². The number of carbonyl (C=O) groups excluding carboxylic acids is 1. The maximum absolute atomic E-state index is 12.7. The Balaban J connectivity index is 2.08. The van der Waals surface area contributed by atoms with Gasteiger partial charge in [0.25, 0.3) is 5.91 Å². The Bertz CT molecular complexity index is 521. The highest BCUT2D eigenvalue weighted by Crippen LogP contribution is 2.09. The molecule has 0 radical (unpaired) electrons. The van der Waals surface area contributed by atoms with Gasteiger partial charge in [-0.1, -0.05) is 6.92 Å². The van der Waals surface area contributed by atoms with Gasteiger partial charge in [-0.2, -0.15) is 0 Å². The molecule has 2 aromatic rings. The van der Waals surface area contributed by atoms with Gasteiger partial charge in [-0.25, -0.2) is 9.37 Å². The maximum Gasteiger partial charge on any atom is 0.295 e. The second kappa shape index (κ2) is 4.73. The number of anilines is 1. The summed E-state index contributed by atoms with van der Waals surface area (Å²) in [6.45, 7) is 1.90. The first-order valence-electron chi connectivity index (χ1n) is 5.17. The fraction of sp³-hybridized carbons (Fsp3) is 0.182. The van der Waals surface area contributed by atoms with E-state index in [1.54, 1.807) is 0 Å². The zero-order chi connectivity index (χ0) is 12.3. The van der Waals surface area contributed by atoms with Crippen molar-refractivity contribution in [1.29, 1.82) is 0 Å². The van der Waals surface area contributed by atoms with Crippen molar-refractivity contribution in [3.63, 3.8) is 0 Å². The Kier molecular flexibility index (Phi) is 3.13. The number of aromatic amines is 1. The molecule has 2 N–H and O–H groups in total. The highest BCUT2D eigenvalue weighted by atomic mass is 19.1. The molecular formula is C11H11FN4O. The Morgan fingerprint density at radius 3 is 2.71 bits per heavy atom.